The molecule has 0 aliphatic heterocycles. The Labute approximate surface area is 91.8 Å². The van der Waals surface area contributed by atoms with Crippen LogP contribution in [0.25, 0.3) is 0 Å². The van der Waals surface area contributed by atoms with Crippen LogP contribution in [-0.2, 0) is 9.53 Å². The summed E-state index contributed by atoms with van der Waals surface area (Å²) in [5.74, 6) is -0.0102. The number of ether oxygens (including phenoxy) is 1. The van der Waals surface area contributed by atoms with Gasteiger partial charge in [0.05, 0.1) is 6.10 Å². The zero-order valence-corrected chi connectivity index (χ0v) is 9.71. The molecule has 1 saturated carbocycles. The topological polar surface area (TPSA) is 50.4 Å². The van der Waals surface area contributed by atoms with Crippen LogP contribution in [0.1, 0.15) is 32.6 Å². The van der Waals surface area contributed by atoms with Gasteiger partial charge in [0.25, 0.3) is 0 Å². The molecule has 0 aromatic carbocycles. The molecule has 0 saturated heterocycles. The number of amides is 1. The molecular formula is C11H22N2O2. The molecular weight excluding hydrogens is 192 g/mol. The monoisotopic (exact) mass is 214 g/mol. The largest absolute Gasteiger partial charge is 0.368 e. The average Bonchev–Trinajstić information content (AvgIpc) is 2.75. The standard InChI is InChI=1S/C11H22N2O2/c1-9(12-2)7-13-11(14)8-15-10-5-3-4-6-10/h9-10,12H,3-8H2,1-2H3,(H,13,14). The second-order valence-corrected chi connectivity index (χ2v) is 4.21. The highest BCUT2D eigenvalue weighted by Crippen LogP contribution is 2.20. The van der Waals surface area contributed by atoms with Gasteiger partial charge in [-0.1, -0.05) is 12.8 Å². The zero-order valence-electron chi connectivity index (χ0n) is 9.71. The van der Waals surface area contributed by atoms with Gasteiger partial charge in [-0.05, 0) is 26.8 Å². The lowest BCUT2D eigenvalue weighted by Gasteiger charge is -2.13. The minimum atomic E-state index is -0.0102. The Balaban J connectivity index is 2.02. The fraction of sp³-hybridized carbons (Fsp3) is 0.909. The van der Waals surface area contributed by atoms with E-state index >= 15 is 0 Å². The summed E-state index contributed by atoms with van der Waals surface area (Å²) < 4.78 is 5.50. The summed E-state index contributed by atoms with van der Waals surface area (Å²) >= 11 is 0. The summed E-state index contributed by atoms with van der Waals surface area (Å²) in [4.78, 5) is 11.4. The van der Waals surface area contributed by atoms with E-state index in [1.165, 1.54) is 12.8 Å². The van der Waals surface area contributed by atoms with Crippen LogP contribution in [0.4, 0.5) is 0 Å². The molecule has 0 heterocycles. The van der Waals surface area contributed by atoms with Crippen molar-refractivity contribution < 1.29 is 9.53 Å². The molecule has 1 atom stereocenters. The van der Waals surface area contributed by atoms with Crippen LogP contribution in [0.5, 0.6) is 0 Å². The molecule has 0 aromatic heterocycles. The van der Waals surface area contributed by atoms with E-state index in [9.17, 15) is 4.79 Å². The lowest BCUT2D eigenvalue weighted by atomic mass is 10.3. The van der Waals surface area contributed by atoms with Crippen LogP contribution < -0.4 is 10.6 Å². The predicted molar refractivity (Wildman–Crippen MR) is 59.7 cm³/mol. The van der Waals surface area contributed by atoms with E-state index in [0.717, 1.165) is 12.8 Å². The molecule has 1 rings (SSSR count). The van der Waals surface area contributed by atoms with Crippen molar-refractivity contribution in [1.82, 2.24) is 10.6 Å². The summed E-state index contributed by atoms with van der Waals surface area (Å²) in [6.07, 6.45) is 5.02. The second-order valence-electron chi connectivity index (χ2n) is 4.21. The van der Waals surface area contributed by atoms with Crippen molar-refractivity contribution >= 4 is 5.91 Å². The maximum Gasteiger partial charge on any atom is 0.246 e. The first-order valence-corrected chi connectivity index (χ1v) is 5.78. The third kappa shape index (κ3) is 5.14. The fourth-order valence-electron chi connectivity index (χ4n) is 1.67. The third-order valence-electron chi connectivity index (χ3n) is 2.85. The van der Waals surface area contributed by atoms with Gasteiger partial charge >= 0.3 is 0 Å². The van der Waals surface area contributed by atoms with Gasteiger partial charge in [0.15, 0.2) is 0 Å². The smallest absolute Gasteiger partial charge is 0.246 e. The van der Waals surface area contributed by atoms with Gasteiger partial charge in [-0.3, -0.25) is 4.79 Å². The summed E-state index contributed by atoms with van der Waals surface area (Å²) in [5, 5.41) is 5.89. The minimum absolute atomic E-state index is 0.0102. The Morgan fingerprint density at radius 1 is 1.47 bits per heavy atom. The van der Waals surface area contributed by atoms with Crippen LogP contribution in [0.2, 0.25) is 0 Å². The van der Waals surface area contributed by atoms with E-state index in [1.807, 2.05) is 14.0 Å². The molecule has 4 heteroatoms. The molecule has 2 N–H and O–H groups in total. The number of carbonyl (C=O) groups excluding carboxylic acids is 1. The molecule has 15 heavy (non-hydrogen) atoms. The van der Waals surface area contributed by atoms with Gasteiger partial charge in [-0.25, -0.2) is 0 Å². The predicted octanol–water partition coefficient (Wildman–Crippen LogP) is 0.670. The molecule has 1 fully saturated rings. The van der Waals surface area contributed by atoms with Crippen LogP contribution in [0.3, 0.4) is 0 Å². The molecule has 0 spiro atoms. The van der Waals surface area contributed by atoms with Gasteiger partial charge in [0, 0.05) is 12.6 Å². The van der Waals surface area contributed by atoms with Crippen molar-refractivity contribution in [1.29, 1.82) is 0 Å². The number of nitrogens with one attached hydrogen (secondary N) is 2. The molecule has 1 amide bonds. The molecule has 1 aliphatic rings. The van der Waals surface area contributed by atoms with E-state index < -0.39 is 0 Å². The van der Waals surface area contributed by atoms with Gasteiger partial charge in [0.1, 0.15) is 6.61 Å². The second kappa shape index (κ2) is 6.80. The number of rotatable bonds is 6. The van der Waals surface area contributed by atoms with Gasteiger partial charge in [-0.15, -0.1) is 0 Å². The number of hydrogen-bond acceptors (Lipinski definition) is 3. The van der Waals surface area contributed by atoms with Crippen molar-refractivity contribution in [2.45, 2.75) is 44.8 Å². The summed E-state index contributed by atoms with van der Waals surface area (Å²) in [7, 11) is 1.88. The number of likely N-dealkylation sites (N-methyl/N-ethyl adjacent to an activating group) is 1. The first-order chi connectivity index (χ1) is 7.22. The first-order valence-electron chi connectivity index (χ1n) is 5.78. The van der Waals surface area contributed by atoms with Crippen LogP contribution >= 0.6 is 0 Å². The van der Waals surface area contributed by atoms with Crippen molar-refractivity contribution in [2.24, 2.45) is 0 Å². The van der Waals surface area contributed by atoms with Crippen molar-refractivity contribution in [3.63, 3.8) is 0 Å². The Hall–Kier alpha value is -0.610. The Kier molecular flexibility index (Phi) is 5.65. The molecule has 88 valence electrons. The highest BCUT2D eigenvalue weighted by molar-refractivity contribution is 5.77. The first kappa shape index (κ1) is 12.5. The highest BCUT2D eigenvalue weighted by atomic mass is 16.5. The van der Waals surface area contributed by atoms with Crippen LogP contribution in [0, 0.1) is 0 Å². The van der Waals surface area contributed by atoms with E-state index in [4.69, 9.17) is 4.74 Å². The maximum absolute atomic E-state index is 11.4. The minimum Gasteiger partial charge on any atom is -0.368 e. The SMILES string of the molecule is CNC(C)CNC(=O)COC1CCCC1. The molecule has 0 radical (unpaired) electrons. The zero-order chi connectivity index (χ0) is 11.1. The lowest BCUT2D eigenvalue weighted by Crippen LogP contribution is -2.39. The van der Waals surface area contributed by atoms with E-state index in [1.54, 1.807) is 0 Å². The maximum atomic E-state index is 11.4. The fourth-order valence-corrected chi connectivity index (χ4v) is 1.67. The summed E-state index contributed by atoms with van der Waals surface area (Å²) in [5.41, 5.74) is 0. The highest BCUT2D eigenvalue weighted by Gasteiger charge is 2.16. The Morgan fingerprint density at radius 3 is 2.73 bits per heavy atom. The molecule has 0 aromatic rings. The molecule has 0 bridgehead atoms. The summed E-state index contributed by atoms with van der Waals surface area (Å²) in [6.45, 7) is 2.89. The number of hydrogen-bond donors (Lipinski definition) is 2. The molecule has 1 unspecified atom stereocenters. The van der Waals surface area contributed by atoms with Gasteiger partial charge in [-0.2, -0.15) is 0 Å². The van der Waals surface area contributed by atoms with Crippen molar-refractivity contribution in [3.8, 4) is 0 Å². The van der Waals surface area contributed by atoms with Crippen molar-refractivity contribution in [2.75, 3.05) is 20.2 Å². The van der Waals surface area contributed by atoms with E-state index in [0.29, 0.717) is 18.7 Å². The molecule has 4 nitrogen and oxygen atoms in total. The Morgan fingerprint density at radius 2 is 2.13 bits per heavy atom. The average molecular weight is 214 g/mol. The van der Waals surface area contributed by atoms with Gasteiger partial charge in [0.2, 0.25) is 5.91 Å². The molecule has 1 aliphatic carbocycles. The van der Waals surface area contributed by atoms with Crippen molar-refractivity contribution in [3.05, 3.63) is 0 Å². The van der Waals surface area contributed by atoms with Gasteiger partial charge < -0.3 is 15.4 Å². The van der Waals surface area contributed by atoms with Crippen LogP contribution in [0.15, 0.2) is 0 Å². The van der Waals surface area contributed by atoms with E-state index in [2.05, 4.69) is 10.6 Å². The Bertz CT molecular complexity index is 191. The number of carbonyl (C=O) groups is 1. The lowest BCUT2D eigenvalue weighted by molar-refractivity contribution is -0.127. The third-order valence-corrected chi connectivity index (χ3v) is 2.85. The van der Waals surface area contributed by atoms with E-state index in [-0.39, 0.29) is 12.5 Å². The normalized spacial score (nSPS) is 19.1. The summed E-state index contributed by atoms with van der Waals surface area (Å²) in [6, 6.07) is 0.306. The van der Waals surface area contributed by atoms with Crippen LogP contribution in [-0.4, -0.2) is 38.3 Å². The quantitative estimate of drug-likeness (QED) is 0.683.